The van der Waals surface area contributed by atoms with Gasteiger partial charge in [0.15, 0.2) is 11.2 Å². The van der Waals surface area contributed by atoms with Gasteiger partial charge in [-0.15, -0.1) is 0 Å². The Labute approximate surface area is 93.4 Å². The number of carbonyl (C=O) groups is 1. The second-order valence-corrected chi connectivity index (χ2v) is 3.75. The van der Waals surface area contributed by atoms with E-state index in [4.69, 9.17) is 14.7 Å². The maximum absolute atomic E-state index is 12.1. The van der Waals surface area contributed by atoms with Crippen LogP contribution in [0.1, 0.15) is 10.4 Å². The van der Waals surface area contributed by atoms with Gasteiger partial charge in [-0.25, -0.2) is 0 Å². The Morgan fingerprint density at radius 2 is 2.31 bits per heavy atom. The minimum absolute atomic E-state index is 0.180. The van der Waals surface area contributed by atoms with Gasteiger partial charge in [-0.1, -0.05) is 12.1 Å². The quantitative estimate of drug-likeness (QED) is 0.718. The maximum Gasteiger partial charge on any atom is 0.187 e. The fraction of sp³-hybridized carbons (Fsp3) is 0.333. The van der Waals surface area contributed by atoms with Crippen molar-refractivity contribution in [3.8, 4) is 11.8 Å². The molecule has 0 bridgehead atoms. The average molecular weight is 217 g/mol. The monoisotopic (exact) mass is 217 g/mol. The van der Waals surface area contributed by atoms with E-state index >= 15 is 0 Å². The number of benzene rings is 1. The first kappa shape index (κ1) is 10.7. The summed E-state index contributed by atoms with van der Waals surface area (Å²) in [7, 11) is 1.54. The van der Waals surface area contributed by atoms with Crippen LogP contribution in [-0.2, 0) is 4.74 Å². The number of ether oxygens (including phenoxy) is 2. The lowest BCUT2D eigenvalue weighted by Gasteiger charge is -2.33. The normalized spacial score (nSPS) is 17.0. The van der Waals surface area contributed by atoms with Gasteiger partial charge in [0, 0.05) is 5.56 Å². The molecule has 2 rings (SSSR count). The Morgan fingerprint density at radius 1 is 1.56 bits per heavy atom. The SMILES string of the molecule is COc1cccc(C(=O)C2(C#N)COC2)c1. The topological polar surface area (TPSA) is 59.3 Å². The third-order valence-electron chi connectivity index (χ3n) is 2.68. The van der Waals surface area contributed by atoms with E-state index < -0.39 is 5.41 Å². The number of hydrogen-bond acceptors (Lipinski definition) is 4. The highest BCUT2D eigenvalue weighted by molar-refractivity contribution is 6.03. The van der Waals surface area contributed by atoms with Crippen LogP contribution in [-0.4, -0.2) is 26.1 Å². The van der Waals surface area contributed by atoms with Gasteiger partial charge in [0.05, 0.1) is 26.4 Å². The molecule has 0 amide bonds. The molecule has 0 radical (unpaired) electrons. The van der Waals surface area contributed by atoms with Gasteiger partial charge in [-0.2, -0.15) is 5.26 Å². The van der Waals surface area contributed by atoms with Crippen molar-refractivity contribution in [1.29, 1.82) is 5.26 Å². The van der Waals surface area contributed by atoms with Crippen molar-refractivity contribution in [1.82, 2.24) is 0 Å². The molecule has 1 aliphatic heterocycles. The Balaban J connectivity index is 2.30. The minimum Gasteiger partial charge on any atom is -0.497 e. The highest BCUT2D eigenvalue weighted by atomic mass is 16.5. The van der Waals surface area contributed by atoms with Crippen molar-refractivity contribution in [3.05, 3.63) is 29.8 Å². The average Bonchev–Trinajstić information content (AvgIpc) is 2.28. The summed E-state index contributed by atoms with van der Waals surface area (Å²) in [6.45, 7) is 0.360. The first-order valence-electron chi connectivity index (χ1n) is 4.90. The summed E-state index contributed by atoms with van der Waals surface area (Å²) >= 11 is 0. The zero-order valence-electron chi connectivity index (χ0n) is 8.90. The van der Waals surface area contributed by atoms with Crippen LogP contribution < -0.4 is 4.74 Å². The lowest BCUT2D eigenvalue weighted by Crippen LogP contribution is -2.47. The molecule has 0 N–H and O–H groups in total. The van der Waals surface area contributed by atoms with Crippen LogP contribution in [0.5, 0.6) is 5.75 Å². The second-order valence-electron chi connectivity index (χ2n) is 3.75. The van der Waals surface area contributed by atoms with Crippen molar-refractivity contribution in [2.45, 2.75) is 0 Å². The molecule has 0 saturated carbocycles. The molecule has 0 aliphatic carbocycles. The molecule has 16 heavy (non-hydrogen) atoms. The van der Waals surface area contributed by atoms with E-state index in [-0.39, 0.29) is 19.0 Å². The van der Waals surface area contributed by atoms with Crippen molar-refractivity contribution >= 4 is 5.78 Å². The van der Waals surface area contributed by atoms with Gasteiger partial charge < -0.3 is 9.47 Å². The Hall–Kier alpha value is -1.86. The fourth-order valence-electron chi connectivity index (χ4n) is 1.59. The number of rotatable bonds is 3. The fourth-order valence-corrected chi connectivity index (χ4v) is 1.59. The first-order chi connectivity index (χ1) is 7.72. The van der Waals surface area contributed by atoms with E-state index in [9.17, 15) is 4.79 Å². The molecule has 1 saturated heterocycles. The van der Waals surface area contributed by atoms with E-state index in [0.29, 0.717) is 11.3 Å². The van der Waals surface area contributed by atoms with Crippen LogP contribution >= 0.6 is 0 Å². The highest BCUT2D eigenvalue weighted by Gasteiger charge is 2.46. The number of methoxy groups -OCH3 is 1. The van der Waals surface area contributed by atoms with Crippen LogP contribution in [0.2, 0.25) is 0 Å². The third kappa shape index (κ3) is 1.55. The zero-order valence-corrected chi connectivity index (χ0v) is 8.90. The molecule has 1 fully saturated rings. The summed E-state index contributed by atoms with van der Waals surface area (Å²) in [5, 5.41) is 9.01. The van der Waals surface area contributed by atoms with Crippen LogP contribution in [0, 0.1) is 16.7 Å². The van der Waals surface area contributed by atoms with Crippen LogP contribution in [0.3, 0.4) is 0 Å². The summed E-state index contributed by atoms with van der Waals surface area (Å²) < 4.78 is 9.99. The number of hydrogen-bond donors (Lipinski definition) is 0. The summed E-state index contributed by atoms with van der Waals surface area (Å²) in [6, 6.07) is 8.85. The van der Waals surface area contributed by atoms with Crippen LogP contribution in [0.4, 0.5) is 0 Å². The van der Waals surface area contributed by atoms with Crippen molar-refractivity contribution in [2.24, 2.45) is 5.41 Å². The van der Waals surface area contributed by atoms with Gasteiger partial charge >= 0.3 is 0 Å². The summed E-state index contributed by atoms with van der Waals surface area (Å²) in [4.78, 5) is 12.1. The Morgan fingerprint density at radius 3 is 2.81 bits per heavy atom. The molecule has 4 heteroatoms. The number of carbonyl (C=O) groups excluding carboxylic acids is 1. The number of nitriles is 1. The van der Waals surface area contributed by atoms with E-state index in [1.54, 1.807) is 24.3 Å². The van der Waals surface area contributed by atoms with Gasteiger partial charge in [0.2, 0.25) is 0 Å². The van der Waals surface area contributed by atoms with E-state index in [1.165, 1.54) is 7.11 Å². The largest absolute Gasteiger partial charge is 0.497 e. The molecular formula is C12H11NO3. The second kappa shape index (κ2) is 3.95. The third-order valence-corrected chi connectivity index (χ3v) is 2.68. The van der Waals surface area contributed by atoms with Crippen LogP contribution in [0.15, 0.2) is 24.3 Å². The lowest BCUT2D eigenvalue weighted by molar-refractivity contribution is -0.0566. The molecule has 82 valence electrons. The molecule has 1 aromatic carbocycles. The van der Waals surface area contributed by atoms with Gasteiger partial charge in [0.1, 0.15) is 5.75 Å². The molecule has 0 atom stereocenters. The predicted octanol–water partition coefficient (Wildman–Crippen LogP) is 1.42. The van der Waals surface area contributed by atoms with Gasteiger partial charge in [-0.05, 0) is 12.1 Å². The maximum atomic E-state index is 12.1. The molecule has 0 aromatic heterocycles. The van der Waals surface area contributed by atoms with Crippen molar-refractivity contribution in [2.75, 3.05) is 20.3 Å². The minimum atomic E-state index is -0.994. The summed E-state index contributed by atoms with van der Waals surface area (Å²) in [5.41, 5.74) is -0.504. The van der Waals surface area contributed by atoms with Crippen molar-refractivity contribution < 1.29 is 14.3 Å². The Bertz CT molecular complexity index is 458. The molecule has 0 unspecified atom stereocenters. The number of ketones is 1. The number of Topliss-reactive ketones (excluding diaryl/α,β-unsaturated/α-hetero) is 1. The van der Waals surface area contributed by atoms with E-state index in [2.05, 4.69) is 0 Å². The van der Waals surface area contributed by atoms with Gasteiger partial charge in [-0.3, -0.25) is 4.79 Å². The highest BCUT2D eigenvalue weighted by Crippen LogP contribution is 2.31. The smallest absolute Gasteiger partial charge is 0.187 e. The zero-order chi connectivity index (χ0) is 11.6. The van der Waals surface area contributed by atoms with Gasteiger partial charge in [0.25, 0.3) is 0 Å². The summed E-state index contributed by atoms with van der Waals surface area (Å²) in [6.07, 6.45) is 0. The van der Waals surface area contributed by atoms with E-state index in [0.717, 1.165) is 0 Å². The molecule has 1 heterocycles. The van der Waals surface area contributed by atoms with E-state index in [1.807, 2.05) is 6.07 Å². The molecular weight excluding hydrogens is 206 g/mol. The van der Waals surface area contributed by atoms with Crippen LogP contribution in [0.25, 0.3) is 0 Å². The first-order valence-corrected chi connectivity index (χ1v) is 4.90. The molecule has 1 aromatic rings. The molecule has 4 nitrogen and oxygen atoms in total. The standard InChI is InChI=1S/C12H11NO3/c1-15-10-4-2-3-9(5-10)11(14)12(6-13)7-16-8-12/h2-5H,7-8H2,1H3. The molecule has 0 spiro atoms. The Kier molecular flexibility index (Phi) is 2.63. The summed E-state index contributed by atoms with van der Waals surface area (Å²) in [5.74, 6) is 0.416. The molecule has 1 aliphatic rings. The van der Waals surface area contributed by atoms with Crippen molar-refractivity contribution in [3.63, 3.8) is 0 Å². The number of nitrogens with zero attached hydrogens (tertiary/aromatic N) is 1. The lowest BCUT2D eigenvalue weighted by atomic mass is 9.80. The predicted molar refractivity (Wildman–Crippen MR) is 56.2 cm³/mol.